The van der Waals surface area contributed by atoms with Crippen molar-refractivity contribution in [1.82, 2.24) is 4.90 Å². The number of nitrogens with zero attached hydrogens (tertiary/aromatic N) is 1. The first-order valence-corrected chi connectivity index (χ1v) is 7.50. The number of carbonyl (C=O) groups is 1. The summed E-state index contributed by atoms with van der Waals surface area (Å²) in [7, 11) is 0. The van der Waals surface area contributed by atoms with Gasteiger partial charge in [0.1, 0.15) is 5.75 Å². The molecule has 110 valence electrons. The van der Waals surface area contributed by atoms with E-state index in [1.54, 1.807) is 18.2 Å². The lowest BCUT2D eigenvalue weighted by atomic mass is 9.98. The van der Waals surface area contributed by atoms with Crippen LogP contribution in [0.15, 0.2) is 18.2 Å². The molecule has 1 unspecified atom stereocenters. The van der Waals surface area contributed by atoms with E-state index in [0.717, 1.165) is 25.8 Å². The Balaban J connectivity index is 2.23. The van der Waals surface area contributed by atoms with E-state index in [1.165, 1.54) is 6.42 Å². The minimum atomic E-state index is 0.0739. The van der Waals surface area contributed by atoms with Crippen molar-refractivity contribution in [3.63, 3.8) is 0 Å². The summed E-state index contributed by atoms with van der Waals surface area (Å²) >= 11 is 0. The van der Waals surface area contributed by atoms with Gasteiger partial charge >= 0.3 is 0 Å². The monoisotopic (exact) mass is 276 g/mol. The minimum absolute atomic E-state index is 0.0739. The minimum Gasteiger partial charge on any atom is -0.494 e. The van der Waals surface area contributed by atoms with E-state index in [0.29, 0.717) is 29.6 Å². The second kappa shape index (κ2) is 6.64. The summed E-state index contributed by atoms with van der Waals surface area (Å²) in [6.07, 6.45) is 4.40. The molecule has 1 aromatic rings. The molecule has 1 fully saturated rings. The number of likely N-dealkylation sites (tertiary alicyclic amines) is 1. The van der Waals surface area contributed by atoms with E-state index in [2.05, 4.69) is 6.92 Å². The number of nitrogen functional groups attached to an aromatic ring is 1. The van der Waals surface area contributed by atoms with E-state index in [4.69, 9.17) is 10.5 Å². The van der Waals surface area contributed by atoms with E-state index in [1.807, 2.05) is 11.8 Å². The van der Waals surface area contributed by atoms with Crippen molar-refractivity contribution in [2.45, 2.75) is 45.6 Å². The van der Waals surface area contributed by atoms with Crippen LogP contribution in [0.25, 0.3) is 0 Å². The molecule has 4 nitrogen and oxygen atoms in total. The van der Waals surface area contributed by atoms with Gasteiger partial charge in [0, 0.05) is 29.9 Å². The third-order valence-electron chi connectivity index (χ3n) is 3.85. The predicted octanol–water partition coefficient (Wildman–Crippen LogP) is 3.07. The Kier molecular flexibility index (Phi) is 4.88. The first-order valence-electron chi connectivity index (χ1n) is 7.50. The highest BCUT2D eigenvalue weighted by Crippen LogP contribution is 2.25. The number of hydrogen-bond donors (Lipinski definition) is 1. The molecule has 20 heavy (non-hydrogen) atoms. The van der Waals surface area contributed by atoms with Crippen LogP contribution in [0.4, 0.5) is 5.69 Å². The number of nitrogens with two attached hydrogens (primary N) is 1. The topological polar surface area (TPSA) is 55.6 Å². The second-order valence-electron chi connectivity index (χ2n) is 5.28. The zero-order chi connectivity index (χ0) is 14.5. The van der Waals surface area contributed by atoms with Crippen molar-refractivity contribution in [2.75, 3.05) is 18.9 Å². The van der Waals surface area contributed by atoms with E-state index in [-0.39, 0.29) is 5.91 Å². The Morgan fingerprint density at radius 2 is 2.15 bits per heavy atom. The number of anilines is 1. The van der Waals surface area contributed by atoms with Gasteiger partial charge < -0.3 is 15.4 Å². The van der Waals surface area contributed by atoms with Gasteiger partial charge in [0.2, 0.25) is 0 Å². The molecule has 0 radical (unpaired) electrons. The zero-order valence-corrected chi connectivity index (χ0v) is 12.4. The van der Waals surface area contributed by atoms with Crippen LogP contribution in [0.1, 0.15) is 49.9 Å². The first-order chi connectivity index (χ1) is 9.65. The third kappa shape index (κ3) is 3.24. The normalized spacial score (nSPS) is 18.9. The number of benzene rings is 1. The van der Waals surface area contributed by atoms with Gasteiger partial charge in [-0.1, -0.05) is 6.92 Å². The fraction of sp³-hybridized carbons (Fsp3) is 0.562. The Labute approximate surface area is 120 Å². The van der Waals surface area contributed by atoms with Gasteiger partial charge in [0.15, 0.2) is 0 Å². The van der Waals surface area contributed by atoms with Crippen LogP contribution in [-0.2, 0) is 0 Å². The highest BCUT2D eigenvalue weighted by molar-refractivity contribution is 5.95. The van der Waals surface area contributed by atoms with E-state index in [9.17, 15) is 4.79 Å². The zero-order valence-electron chi connectivity index (χ0n) is 12.4. The fourth-order valence-electron chi connectivity index (χ4n) is 2.85. The molecule has 1 aliphatic heterocycles. The molecule has 0 bridgehead atoms. The van der Waals surface area contributed by atoms with Crippen molar-refractivity contribution < 1.29 is 9.53 Å². The highest BCUT2D eigenvalue weighted by atomic mass is 16.5. The summed E-state index contributed by atoms with van der Waals surface area (Å²) in [4.78, 5) is 14.7. The summed E-state index contributed by atoms with van der Waals surface area (Å²) in [5, 5.41) is 0. The maximum absolute atomic E-state index is 12.7. The van der Waals surface area contributed by atoms with Gasteiger partial charge in [-0.25, -0.2) is 0 Å². The van der Waals surface area contributed by atoms with Gasteiger partial charge in [-0.2, -0.15) is 0 Å². The average Bonchev–Trinajstić information content (AvgIpc) is 2.46. The number of carbonyl (C=O) groups excluding carboxylic acids is 1. The van der Waals surface area contributed by atoms with Crippen LogP contribution < -0.4 is 10.5 Å². The largest absolute Gasteiger partial charge is 0.494 e. The number of ether oxygens (including phenoxy) is 1. The van der Waals surface area contributed by atoms with Gasteiger partial charge in [-0.3, -0.25) is 4.79 Å². The molecular formula is C16H24N2O2. The third-order valence-corrected chi connectivity index (χ3v) is 3.85. The summed E-state index contributed by atoms with van der Waals surface area (Å²) in [6.45, 7) is 5.47. The highest BCUT2D eigenvalue weighted by Gasteiger charge is 2.26. The van der Waals surface area contributed by atoms with Gasteiger partial charge in [-0.15, -0.1) is 0 Å². The number of hydrogen-bond acceptors (Lipinski definition) is 3. The Morgan fingerprint density at radius 1 is 1.35 bits per heavy atom. The summed E-state index contributed by atoms with van der Waals surface area (Å²) < 4.78 is 5.47. The van der Waals surface area contributed by atoms with Crippen molar-refractivity contribution >= 4 is 11.6 Å². The van der Waals surface area contributed by atoms with Gasteiger partial charge in [0.05, 0.1) is 6.61 Å². The van der Waals surface area contributed by atoms with Crippen LogP contribution in [0.3, 0.4) is 0 Å². The van der Waals surface area contributed by atoms with E-state index < -0.39 is 0 Å². The molecule has 0 aliphatic carbocycles. The molecular weight excluding hydrogens is 252 g/mol. The van der Waals surface area contributed by atoms with E-state index >= 15 is 0 Å². The Morgan fingerprint density at radius 3 is 2.85 bits per heavy atom. The molecule has 0 spiro atoms. The summed E-state index contributed by atoms with van der Waals surface area (Å²) in [5.74, 6) is 0.741. The first kappa shape index (κ1) is 14.7. The maximum Gasteiger partial charge on any atom is 0.254 e. The van der Waals surface area contributed by atoms with Crippen LogP contribution in [-0.4, -0.2) is 30.0 Å². The molecule has 1 aromatic carbocycles. The average molecular weight is 276 g/mol. The predicted molar refractivity (Wildman–Crippen MR) is 81.0 cm³/mol. The Hall–Kier alpha value is -1.71. The molecule has 1 aliphatic rings. The smallest absolute Gasteiger partial charge is 0.254 e. The van der Waals surface area contributed by atoms with Crippen LogP contribution in [0.2, 0.25) is 0 Å². The molecule has 1 atom stereocenters. The van der Waals surface area contributed by atoms with Crippen LogP contribution in [0.5, 0.6) is 5.75 Å². The van der Waals surface area contributed by atoms with Gasteiger partial charge in [-0.05, 0) is 44.7 Å². The van der Waals surface area contributed by atoms with Crippen LogP contribution >= 0.6 is 0 Å². The Bertz CT molecular complexity index is 474. The standard InChI is InChI=1S/C16H24N2O2/c1-3-14-7-5-6-8-18(14)16(19)12-9-13(17)11-15(10-12)20-4-2/h9-11,14H,3-8,17H2,1-2H3. The lowest BCUT2D eigenvalue weighted by molar-refractivity contribution is 0.0607. The second-order valence-corrected chi connectivity index (χ2v) is 5.28. The lowest BCUT2D eigenvalue weighted by Crippen LogP contribution is -2.43. The molecule has 0 aromatic heterocycles. The van der Waals surface area contributed by atoms with Crippen LogP contribution in [0, 0.1) is 0 Å². The number of piperidine rings is 1. The molecule has 0 saturated carbocycles. The molecule has 4 heteroatoms. The SMILES string of the molecule is CCOc1cc(N)cc(C(=O)N2CCCCC2CC)c1. The van der Waals surface area contributed by atoms with Crippen molar-refractivity contribution in [1.29, 1.82) is 0 Å². The van der Waals surface area contributed by atoms with Crippen molar-refractivity contribution in [3.05, 3.63) is 23.8 Å². The van der Waals surface area contributed by atoms with Crippen molar-refractivity contribution in [3.8, 4) is 5.75 Å². The molecule has 1 amide bonds. The quantitative estimate of drug-likeness (QED) is 0.860. The summed E-state index contributed by atoms with van der Waals surface area (Å²) in [5.41, 5.74) is 7.08. The lowest BCUT2D eigenvalue weighted by Gasteiger charge is -2.35. The number of amides is 1. The van der Waals surface area contributed by atoms with Crippen molar-refractivity contribution in [2.24, 2.45) is 0 Å². The fourth-order valence-corrected chi connectivity index (χ4v) is 2.85. The molecule has 1 heterocycles. The summed E-state index contributed by atoms with van der Waals surface area (Å²) in [6, 6.07) is 5.65. The molecule has 1 saturated heterocycles. The molecule has 2 N–H and O–H groups in total. The maximum atomic E-state index is 12.7. The van der Waals surface area contributed by atoms with Gasteiger partial charge in [0.25, 0.3) is 5.91 Å². The molecule has 2 rings (SSSR count). The number of rotatable bonds is 4.